The molecule has 0 amide bonds. The van der Waals surface area contributed by atoms with Gasteiger partial charge in [-0.2, -0.15) is 13.2 Å². The first-order valence-corrected chi connectivity index (χ1v) is 10.8. The Hall–Kier alpha value is -2.34. The van der Waals surface area contributed by atoms with Crippen molar-refractivity contribution >= 4 is 17.6 Å². The van der Waals surface area contributed by atoms with Gasteiger partial charge in [-0.05, 0) is 58.9 Å². The van der Waals surface area contributed by atoms with Gasteiger partial charge in [0.1, 0.15) is 17.0 Å². The van der Waals surface area contributed by atoms with Crippen LogP contribution < -0.4 is 0 Å². The molecule has 7 heteroatoms. The van der Waals surface area contributed by atoms with E-state index in [9.17, 15) is 22.4 Å². The lowest BCUT2D eigenvalue weighted by Gasteiger charge is -2.15. The first-order valence-electron chi connectivity index (χ1n) is 10.5. The molecule has 1 fully saturated rings. The minimum atomic E-state index is -4.63. The number of fused-ring (bicyclic) bond motifs is 1. The van der Waals surface area contributed by atoms with Gasteiger partial charge in [-0.25, -0.2) is 4.39 Å². The van der Waals surface area contributed by atoms with Gasteiger partial charge in [0, 0.05) is 0 Å². The summed E-state index contributed by atoms with van der Waals surface area (Å²) in [5.41, 5.74) is 2.30. The predicted molar refractivity (Wildman–Crippen MR) is 113 cm³/mol. The van der Waals surface area contributed by atoms with E-state index in [2.05, 4.69) is 0 Å². The molecule has 0 aromatic heterocycles. The number of allylic oxidation sites excluding steroid dienone is 2. The van der Waals surface area contributed by atoms with E-state index >= 15 is 0 Å². The molecule has 1 saturated carbocycles. The van der Waals surface area contributed by atoms with Crippen molar-refractivity contribution in [3.05, 3.63) is 82.1 Å². The van der Waals surface area contributed by atoms with Crippen molar-refractivity contribution in [2.75, 3.05) is 0 Å². The Morgan fingerprint density at radius 2 is 1.75 bits per heavy atom. The first kappa shape index (κ1) is 22.8. The minimum absolute atomic E-state index is 0.0945. The van der Waals surface area contributed by atoms with E-state index in [0.717, 1.165) is 22.8 Å². The number of benzene rings is 2. The fourth-order valence-electron chi connectivity index (χ4n) is 4.80. The SMILES string of the molecule is CC1(C)C(C=C(Cl)C(F)(F)F)C1C(=O)OC1CC(Cc2ccc(F)cc2)c2ccccc21. The maximum atomic E-state index is 13.2. The number of carbonyl (C=O) groups excluding carboxylic acids is 1. The molecule has 0 bridgehead atoms. The third-order valence-corrected chi connectivity index (χ3v) is 7.04. The number of rotatable bonds is 5. The van der Waals surface area contributed by atoms with Gasteiger partial charge in [-0.1, -0.05) is 67.9 Å². The van der Waals surface area contributed by atoms with E-state index < -0.39 is 40.5 Å². The molecule has 4 rings (SSSR count). The summed E-state index contributed by atoms with van der Waals surface area (Å²) in [5.74, 6) is -2.02. The molecule has 2 nitrogen and oxygen atoms in total. The largest absolute Gasteiger partial charge is 0.457 e. The lowest BCUT2D eigenvalue weighted by Crippen LogP contribution is -2.14. The van der Waals surface area contributed by atoms with Gasteiger partial charge in [0.15, 0.2) is 0 Å². The van der Waals surface area contributed by atoms with E-state index in [1.165, 1.54) is 12.1 Å². The third kappa shape index (κ3) is 4.42. The van der Waals surface area contributed by atoms with E-state index in [1.807, 2.05) is 24.3 Å². The van der Waals surface area contributed by atoms with Crippen molar-refractivity contribution in [1.29, 1.82) is 0 Å². The summed E-state index contributed by atoms with van der Waals surface area (Å²) in [6, 6.07) is 14.0. The molecule has 0 heterocycles. The van der Waals surface area contributed by atoms with Crippen molar-refractivity contribution < 1.29 is 27.1 Å². The Kier molecular flexibility index (Phi) is 5.86. The van der Waals surface area contributed by atoms with Crippen molar-refractivity contribution in [2.45, 2.75) is 44.9 Å². The van der Waals surface area contributed by atoms with E-state index in [-0.39, 0.29) is 11.7 Å². The van der Waals surface area contributed by atoms with Crippen LogP contribution in [0, 0.1) is 23.1 Å². The van der Waals surface area contributed by atoms with Crippen LogP contribution in [0.2, 0.25) is 0 Å². The molecule has 0 saturated heterocycles. The summed E-state index contributed by atoms with van der Waals surface area (Å²) in [6.07, 6.45) is -2.94. The van der Waals surface area contributed by atoms with Crippen LogP contribution in [-0.4, -0.2) is 12.1 Å². The molecule has 0 radical (unpaired) electrons. The number of hydrogen-bond acceptors (Lipinski definition) is 2. The van der Waals surface area contributed by atoms with Gasteiger partial charge in [0.25, 0.3) is 0 Å². The fraction of sp³-hybridized carbons (Fsp3) is 0.400. The van der Waals surface area contributed by atoms with Crippen molar-refractivity contribution in [1.82, 2.24) is 0 Å². The Bertz CT molecular complexity index is 1040. The zero-order valence-corrected chi connectivity index (χ0v) is 18.4. The summed E-state index contributed by atoms with van der Waals surface area (Å²) in [7, 11) is 0. The van der Waals surface area contributed by atoms with Crippen molar-refractivity contribution in [2.24, 2.45) is 17.3 Å². The van der Waals surface area contributed by atoms with Crippen LogP contribution in [0.4, 0.5) is 17.6 Å². The highest BCUT2D eigenvalue weighted by Crippen LogP contribution is 2.61. The molecule has 32 heavy (non-hydrogen) atoms. The normalized spacial score (nSPS) is 26.5. The van der Waals surface area contributed by atoms with Crippen LogP contribution in [-0.2, 0) is 16.0 Å². The molecular formula is C25H23ClF4O2. The smallest absolute Gasteiger partial charge is 0.426 e. The van der Waals surface area contributed by atoms with Crippen LogP contribution in [0.25, 0.3) is 0 Å². The summed E-state index contributed by atoms with van der Waals surface area (Å²) in [5, 5.41) is -1.21. The topological polar surface area (TPSA) is 26.3 Å². The van der Waals surface area contributed by atoms with Crippen LogP contribution in [0.1, 0.15) is 49.0 Å². The van der Waals surface area contributed by atoms with Gasteiger partial charge in [0.2, 0.25) is 0 Å². The van der Waals surface area contributed by atoms with Gasteiger partial charge < -0.3 is 4.74 Å². The highest BCUT2D eigenvalue weighted by atomic mass is 35.5. The van der Waals surface area contributed by atoms with Crippen molar-refractivity contribution in [3.8, 4) is 0 Å². The molecule has 0 spiro atoms. The second-order valence-corrected chi connectivity index (χ2v) is 9.56. The monoisotopic (exact) mass is 466 g/mol. The zero-order valence-electron chi connectivity index (χ0n) is 17.6. The number of esters is 1. The number of ether oxygens (including phenoxy) is 1. The second kappa shape index (κ2) is 8.22. The Labute approximate surface area is 189 Å². The van der Waals surface area contributed by atoms with E-state index in [1.54, 1.807) is 26.0 Å². The number of alkyl halides is 3. The number of carbonyl (C=O) groups is 1. The fourth-order valence-corrected chi connectivity index (χ4v) is 4.94. The van der Waals surface area contributed by atoms with Crippen LogP contribution in [0.3, 0.4) is 0 Å². The summed E-state index contributed by atoms with van der Waals surface area (Å²) < 4.78 is 57.5. The average molecular weight is 467 g/mol. The number of hydrogen-bond donors (Lipinski definition) is 0. The van der Waals surface area contributed by atoms with Crippen molar-refractivity contribution in [3.63, 3.8) is 0 Å². The van der Waals surface area contributed by atoms with Gasteiger partial charge in [-0.3, -0.25) is 4.79 Å². The zero-order chi connectivity index (χ0) is 23.3. The Morgan fingerprint density at radius 1 is 1.12 bits per heavy atom. The van der Waals surface area contributed by atoms with Gasteiger partial charge in [-0.15, -0.1) is 0 Å². The standard InChI is InChI=1S/C25H23ClF4O2/c1-24(2)19(13-21(26)25(28,29)30)22(24)23(31)32-20-12-15(17-5-3-4-6-18(17)20)11-14-7-9-16(27)10-8-14/h3-10,13,15,19-20,22H,11-12H2,1-2H3. The maximum absolute atomic E-state index is 13.2. The maximum Gasteiger partial charge on any atom is 0.426 e. The second-order valence-electron chi connectivity index (χ2n) is 9.15. The predicted octanol–water partition coefficient (Wildman–Crippen LogP) is 7.10. The molecule has 0 aliphatic heterocycles. The highest BCUT2D eigenvalue weighted by Gasteiger charge is 2.62. The molecule has 4 unspecified atom stereocenters. The molecule has 2 aliphatic rings. The molecule has 4 atom stereocenters. The number of halogens is 5. The Balaban J connectivity index is 1.49. The van der Waals surface area contributed by atoms with Crippen LogP contribution >= 0.6 is 11.6 Å². The van der Waals surface area contributed by atoms with E-state index in [4.69, 9.17) is 16.3 Å². The third-order valence-electron chi connectivity index (χ3n) is 6.70. The molecule has 2 aromatic rings. The average Bonchev–Trinajstić information content (AvgIpc) is 3.09. The highest BCUT2D eigenvalue weighted by molar-refractivity contribution is 6.30. The molecule has 0 N–H and O–H groups in total. The quantitative estimate of drug-likeness (QED) is 0.347. The molecule has 2 aliphatic carbocycles. The molecular weight excluding hydrogens is 444 g/mol. The summed E-state index contributed by atoms with van der Waals surface area (Å²) >= 11 is 5.39. The first-order chi connectivity index (χ1) is 15.0. The van der Waals surface area contributed by atoms with Gasteiger partial charge >= 0.3 is 12.1 Å². The summed E-state index contributed by atoms with van der Waals surface area (Å²) in [4.78, 5) is 12.9. The van der Waals surface area contributed by atoms with Gasteiger partial charge in [0.05, 0.1) is 5.92 Å². The van der Waals surface area contributed by atoms with E-state index in [0.29, 0.717) is 12.8 Å². The molecule has 2 aromatic carbocycles. The lowest BCUT2D eigenvalue weighted by molar-refractivity contribution is -0.152. The Morgan fingerprint density at radius 3 is 2.38 bits per heavy atom. The summed E-state index contributed by atoms with van der Waals surface area (Å²) in [6.45, 7) is 3.47. The lowest BCUT2D eigenvalue weighted by atomic mass is 9.94. The van der Waals surface area contributed by atoms with Crippen LogP contribution in [0.15, 0.2) is 59.6 Å². The van der Waals surface area contributed by atoms with Crippen LogP contribution in [0.5, 0.6) is 0 Å². The molecule has 170 valence electrons. The minimum Gasteiger partial charge on any atom is -0.457 e.